The first-order valence-electron chi connectivity index (χ1n) is 7.27. The highest BCUT2D eigenvalue weighted by Crippen LogP contribution is 2.38. The Bertz CT molecular complexity index is 917. The van der Waals surface area contributed by atoms with E-state index >= 15 is 0 Å². The van der Waals surface area contributed by atoms with Crippen LogP contribution in [0.1, 0.15) is 5.56 Å². The van der Waals surface area contributed by atoms with Gasteiger partial charge in [-0.15, -0.1) is 0 Å². The Morgan fingerprint density at radius 2 is 1.96 bits per heavy atom. The number of ether oxygens (including phenoxy) is 2. The fourth-order valence-electron chi connectivity index (χ4n) is 2.79. The molecule has 0 bridgehead atoms. The second kappa shape index (κ2) is 6.72. The summed E-state index contributed by atoms with van der Waals surface area (Å²) in [6, 6.07) is 11.4. The maximum atomic E-state index is 11.4. The van der Waals surface area contributed by atoms with Gasteiger partial charge < -0.3 is 19.6 Å². The van der Waals surface area contributed by atoms with Crippen molar-refractivity contribution < 1.29 is 19.4 Å². The number of carboxylic acid groups (broad SMARTS) is 1. The highest BCUT2D eigenvalue weighted by Gasteiger charge is 2.19. The summed E-state index contributed by atoms with van der Waals surface area (Å²) in [5.74, 6) is 0.437. The number of H-pyrrole nitrogens is 1. The van der Waals surface area contributed by atoms with Crippen LogP contribution >= 0.6 is 22.6 Å². The van der Waals surface area contributed by atoms with Gasteiger partial charge in [-0.2, -0.15) is 0 Å². The van der Waals surface area contributed by atoms with Crippen LogP contribution in [-0.4, -0.2) is 30.3 Å². The largest absolute Gasteiger partial charge is 0.497 e. The second-order valence-electron chi connectivity index (χ2n) is 5.31. The molecule has 0 fully saturated rings. The molecule has 0 spiro atoms. The van der Waals surface area contributed by atoms with E-state index < -0.39 is 5.97 Å². The molecule has 1 heterocycles. The highest BCUT2D eigenvalue weighted by molar-refractivity contribution is 14.1. The summed E-state index contributed by atoms with van der Waals surface area (Å²) in [6.07, 6.45) is -0.0649. The lowest BCUT2D eigenvalue weighted by Crippen LogP contribution is -2.01. The molecule has 0 atom stereocenters. The van der Waals surface area contributed by atoms with Crippen molar-refractivity contribution in [3.05, 3.63) is 45.5 Å². The number of aromatic nitrogens is 1. The topological polar surface area (TPSA) is 71.6 Å². The van der Waals surface area contributed by atoms with Gasteiger partial charge in [0.1, 0.15) is 11.5 Å². The van der Waals surface area contributed by atoms with Gasteiger partial charge in [-0.05, 0) is 58.5 Å². The van der Waals surface area contributed by atoms with E-state index in [9.17, 15) is 9.90 Å². The van der Waals surface area contributed by atoms with Crippen LogP contribution in [0.4, 0.5) is 0 Å². The number of carboxylic acids is 1. The molecular formula is C18H16INO4. The van der Waals surface area contributed by atoms with E-state index in [1.807, 2.05) is 30.3 Å². The van der Waals surface area contributed by atoms with Crippen molar-refractivity contribution in [3.8, 4) is 22.8 Å². The Balaban J connectivity index is 2.27. The molecule has 2 aromatic carbocycles. The van der Waals surface area contributed by atoms with Crippen LogP contribution in [0, 0.1) is 3.57 Å². The fourth-order valence-corrected chi connectivity index (χ4v) is 3.28. The molecular weight excluding hydrogens is 421 g/mol. The monoisotopic (exact) mass is 437 g/mol. The minimum absolute atomic E-state index is 0.0649. The molecule has 0 saturated carbocycles. The van der Waals surface area contributed by atoms with Gasteiger partial charge in [-0.1, -0.05) is 0 Å². The molecule has 0 aliphatic carbocycles. The van der Waals surface area contributed by atoms with Crippen LogP contribution in [0.25, 0.3) is 22.2 Å². The molecule has 0 radical (unpaired) electrons. The molecule has 0 unspecified atom stereocenters. The zero-order valence-electron chi connectivity index (χ0n) is 13.2. The molecule has 3 rings (SSSR count). The smallest absolute Gasteiger partial charge is 0.307 e. The Hall–Kier alpha value is -2.22. The number of aliphatic carboxylic acids is 1. The third-order valence-electron chi connectivity index (χ3n) is 3.87. The number of nitrogens with one attached hydrogen (secondary N) is 1. The summed E-state index contributed by atoms with van der Waals surface area (Å²) in [6.45, 7) is 0. The highest BCUT2D eigenvalue weighted by atomic mass is 127. The van der Waals surface area contributed by atoms with Crippen molar-refractivity contribution >= 4 is 39.5 Å². The van der Waals surface area contributed by atoms with E-state index in [1.165, 1.54) is 0 Å². The molecule has 24 heavy (non-hydrogen) atoms. The molecule has 5 nitrogen and oxygen atoms in total. The van der Waals surface area contributed by atoms with Gasteiger partial charge in [0.15, 0.2) is 0 Å². The van der Waals surface area contributed by atoms with Crippen LogP contribution in [0.5, 0.6) is 11.5 Å². The zero-order chi connectivity index (χ0) is 17.3. The summed E-state index contributed by atoms with van der Waals surface area (Å²) in [5.41, 5.74) is 3.22. The van der Waals surface area contributed by atoms with Crippen molar-refractivity contribution in [2.45, 2.75) is 6.42 Å². The number of carbonyl (C=O) groups is 1. The molecule has 0 aliphatic rings. The lowest BCUT2D eigenvalue weighted by molar-refractivity contribution is -0.136. The van der Waals surface area contributed by atoms with Gasteiger partial charge in [-0.25, -0.2) is 0 Å². The van der Waals surface area contributed by atoms with Gasteiger partial charge in [0.25, 0.3) is 0 Å². The van der Waals surface area contributed by atoms with E-state index in [1.54, 1.807) is 20.3 Å². The molecule has 1 aromatic heterocycles. The second-order valence-corrected chi connectivity index (χ2v) is 6.55. The minimum Gasteiger partial charge on any atom is -0.497 e. The van der Waals surface area contributed by atoms with Gasteiger partial charge in [-0.3, -0.25) is 4.79 Å². The number of aromatic amines is 1. The normalized spacial score (nSPS) is 10.8. The van der Waals surface area contributed by atoms with Crippen molar-refractivity contribution in [3.63, 3.8) is 0 Å². The Labute approximate surface area is 152 Å². The third kappa shape index (κ3) is 3.06. The quantitative estimate of drug-likeness (QED) is 0.591. The molecule has 2 N–H and O–H groups in total. The maximum absolute atomic E-state index is 11.4. The molecule has 0 aliphatic heterocycles. The van der Waals surface area contributed by atoms with E-state index in [0.29, 0.717) is 11.5 Å². The molecule has 0 amide bonds. The first kappa shape index (κ1) is 16.6. The number of halogens is 1. The standard InChI is InChI=1S/C18H16INO4/c1-23-11-4-5-12(16(8-11)24-2)18-14(9-17(21)22)13-7-10(19)3-6-15(13)20-18/h3-8,20H,9H2,1-2H3,(H,21,22). The Morgan fingerprint density at radius 3 is 2.62 bits per heavy atom. The van der Waals surface area contributed by atoms with E-state index in [2.05, 4.69) is 27.6 Å². The Morgan fingerprint density at radius 1 is 1.17 bits per heavy atom. The zero-order valence-corrected chi connectivity index (χ0v) is 15.4. The summed E-state index contributed by atoms with van der Waals surface area (Å²) in [7, 11) is 3.18. The first-order chi connectivity index (χ1) is 11.5. The molecule has 6 heteroatoms. The summed E-state index contributed by atoms with van der Waals surface area (Å²) >= 11 is 2.22. The van der Waals surface area contributed by atoms with Gasteiger partial charge in [0, 0.05) is 26.1 Å². The minimum atomic E-state index is -0.872. The van der Waals surface area contributed by atoms with E-state index in [0.717, 1.165) is 31.3 Å². The number of rotatable bonds is 5. The first-order valence-corrected chi connectivity index (χ1v) is 8.35. The number of methoxy groups -OCH3 is 2. The molecule has 0 saturated heterocycles. The van der Waals surface area contributed by atoms with Gasteiger partial charge in [0.05, 0.1) is 26.3 Å². The van der Waals surface area contributed by atoms with Crippen molar-refractivity contribution in [1.29, 1.82) is 0 Å². The van der Waals surface area contributed by atoms with Crippen molar-refractivity contribution in [1.82, 2.24) is 4.98 Å². The average molecular weight is 437 g/mol. The van der Waals surface area contributed by atoms with Crippen LogP contribution in [0.15, 0.2) is 36.4 Å². The van der Waals surface area contributed by atoms with Gasteiger partial charge >= 0.3 is 5.97 Å². The molecule has 124 valence electrons. The number of hydrogen-bond donors (Lipinski definition) is 2. The number of benzene rings is 2. The SMILES string of the molecule is COc1ccc(-c2[nH]c3ccc(I)cc3c2CC(=O)O)c(OC)c1. The van der Waals surface area contributed by atoms with Crippen molar-refractivity contribution in [2.75, 3.05) is 14.2 Å². The summed E-state index contributed by atoms with van der Waals surface area (Å²) in [4.78, 5) is 14.7. The predicted octanol–water partition coefficient (Wildman–Crippen LogP) is 4.08. The van der Waals surface area contributed by atoms with Crippen LogP contribution in [0.2, 0.25) is 0 Å². The third-order valence-corrected chi connectivity index (χ3v) is 4.55. The maximum Gasteiger partial charge on any atom is 0.307 e. The van der Waals surface area contributed by atoms with E-state index in [4.69, 9.17) is 9.47 Å². The van der Waals surface area contributed by atoms with Gasteiger partial charge in [0.2, 0.25) is 0 Å². The van der Waals surface area contributed by atoms with Crippen LogP contribution in [0.3, 0.4) is 0 Å². The number of hydrogen-bond acceptors (Lipinski definition) is 3. The van der Waals surface area contributed by atoms with Crippen LogP contribution < -0.4 is 9.47 Å². The number of fused-ring (bicyclic) bond motifs is 1. The lowest BCUT2D eigenvalue weighted by atomic mass is 10.0. The average Bonchev–Trinajstić information content (AvgIpc) is 2.91. The fraction of sp³-hybridized carbons (Fsp3) is 0.167. The Kier molecular flexibility index (Phi) is 4.66. The lowest BCUT2D eigenvalue weighted by Gasteiger charge is -2.11. The summed E-state index contributed by atoms with van der Waals surface area (Å²) in [5, 5.41) is 10.2. The van der Waals surface area contributed by atoms with Crippen molar-refractivity contribution in [2.24, 2.45) is 0 Å². The van der Waals surface area contributed by atoms with Crippen LogP contribution in [-0.2, 0) is 11.2 Å². The van der Waals surface area contributed by atoms with E-state index in [-0.39, 0.29) is 6.42 Å². The molecule has 3 aromatic rings. The summed E-state index contributed by atoms with van der Waals surface area (Å²) < 4.78 is 11.8. The predicted molar refractivity (Wildman–Crippen MR) is 101 cm³/mol.